The predicted octanol–water partition coefficient (Wildman–Crippen LogP) is 2.32. The lowest BCUT2D eigenvalue weighted by Crippen LogP contribution is -2.43. The molecule has 0 saturated heterocycles. The van der Waals surface area contributed by atoms with E-state index in [0.717, 1.165) is 17.7 Å². The average molecular weight is 319 g/mol. The van der Waals surface area contributed by atoms with E-state index in [2.05, 4.69) is 5.32 Å². The molecule has 2 aromatic rings. The molecule has 0 bridgehead atoms. The zero-order chi connectivity index (χ0) is 16.8. The average Bonchev–Trinajstić information content (AvgIpc) is 2.51. The molecule has 0 aliphatic carbocycles. The Morgan fingerprint density at radius 2 is 1.61 bits per heavy atom. The smallest absolute Gasteiger partial charge is 0.326 e. The van der Waals surface area contributed by atoms with E-state index < -0.39 is 36.0 Å². The second kappa shape index (κ2) is 7.49. The van der Waals surface area contributed by atoms with Crippen molar-refractivity contribution in [2.75, 3.05) is 0 Å². The number of halogens is 2. The van der Waals surface area contributed by atoms with Crippen LogP contribution in [0.5, 0.6) is 0 Å². The second-order valence-electron chi connectivity index (χ2n) is 5.03. The van der Waals surface area contributed by atoms with Gasteiger partial charge in [-0.1, -0.05) is 36.4 Å². The lowest BCUT2D eigenvalue weighted by molar-refractivity contribution is -0.141. The van der Waals surface area contributed by atoms with Gasteiger partial charge in [0, 0.05) is 12.0 Å². The van der Waals surface area contributed by atoms with Crippen LogP contribution in [0.25, 0.3) is 0 Å². The fraction of sp³-hybridized carbons (Fsp3) is 0.176. The van der Waals surface area contributed by atoms with E-state index in [1.165, 1.54) is 6.07 Å². The summed E-state index contributed by atoms with van der Waals surface area (Å²) in [6.07, 6.45) is -0.473. The maximum Gasteiger partial charge on any atom is 0.326 e. The first-order valence-electron chi connectivity index (χ1n) is 6.96. The maximum atomic E-state index is 13.5. The van der Waals surface area contributed by atoms with Gasteiger partial charge in [0.25, 0.3) is 0 Å². The van der Waals surface area contributed by atoms with Crippen LogP contribution >= 0.6 is 0 Å². The highest BCUT2D eigenvalue weighted by Crippen LogP contribution is 2.13. The number of rotatable bonds is 6. The number of nitrogens with one attached hydrogen (secondary N) is 1. The molecule has 0 heterocycles. The molecule has 0 radical (unpaired) electrons. The molecule has 0 aromatic heterocycles. The third-order valence-electron chi connectivity index (χ3n) is 3.31. The Balaban J connectivity index is 2.05. The van der Waals surface area contributed by atoms with Crippen molar-refractivity contribution >= 4 is 11.9 Å². The van der Waals surface area contributed by atoms with Crippen molar-refractivity contribution in [2.24, 2.45) is 0 Å². The molecule has 0 aliphatic rings. The van der Waals surface area contributed by atoms with Crippen molar-refractivity contribution in [1.29, 1.82) is 0 Å². The summed E-state index contributed by atoms with van der Waals surface area (Å²) >= 11 is 0. The Bertz CT molecular complexity index is 684. The van der Waals surface area contributed by atoms with Gasteiger partial charge in [-0.25, -0.2) is 13.6 Å². The van der Waals surface area contributed by atoms with Gasteiger partial charge in [-0.05, 0) is 17.7 Å². The highest BCUT2D eigenvalue weighted by Gasteiger charge is 2.22. The highest BCUT2D eigenvalue weighted by molar-refractivity contribution is 5.85. The Morgan fingerprint density at radius 1 is 1.00 bits per heavy atom. The molecule has 0 saturated carbocycles. The lowest BCUT2D eigenvalue weighted by atomic mass is 10.1. The van der Waals surface area contributed by atoms with Crippen molar-refractivity contribution in [3.8, 4) is 0 Å². The molecule has 2 N–H and O–H groups in total. The molecule has 4 nitrogen and oxygen atoms in total. The van der Waals surface area contributed by atoms with Crippen molar-refractivity contribution in [3.63, 3.8) is 0 Å². The third-order valence-corrected chi connectivity index (χ3v) is 3.31. The monoisotopic (exact) mass is 319 g/mol. The Labute approximate surface area is 131 Å². The summed E-state index contributed by atoms with van der Waals surface area (Å²) in [6.45, 7) is 0. The maximum absolute atomic E-state index is 13.5. The van der Waals surface area contributed by atoms with Crippen LogP contribution in [0.3, 0.4) is 0 Å². The first-order chi connectivity index (χ1) is 11.0. The first-order valence-corrected chi connectivity index (χ1v) is 6.96. The SMILES string of the molecule is O=C(Cc1c(F)cccc1F)N[C@H](Cc1ccccc1)C(=O)O. The topological polar surface area (TPSA) is 66.4 Å². The molecule has 1 atom stereocenters. The normalized spacial score (nSPS) is 11.7. The van der Waals surface area contributed by atoms with Gasteiger partial charge < -0.3 is 10.4 Å². The van der Waals surface area contributed by atoms with Gasteiger partial charge in [-0.2, -0.15) is 0 Å². The molecule has 23 heavy (non-hydrogen) atoms. The molecule has 6 heteroatoms. The van der Waals surface area contributed by atoms with Gasteiger partial charge in [-0.3, -0.25) is 4.79 Å². The van der Waals surface area contributed by atoms with E-state index in [1.54, 1.807) is 30.3 Å². The zero-order valence-electron chi connectivity index (χ0n) is 12.1. The van der Waals surface area contributed by atoms with Crippen LogP contribution in [0.4, 0.5) is 8.78 Å². The summed E-state index contributed by atoms with van der Waals surface area (Å²) in [5.74, 6) is -3.64. The van der Waals surface area contributed by atoms with Gasteiger partial charge in [0.05, 0.1) is 6.42 Å². The minimum absolute atomic E-state index is 0.0850. The number of carboxylic acids is 1. The molecular weight excluding hydrogens is 304 g/mol. The Morgan fingerprint density at radius 3 is 2.17 bits per heavy atom. The number of aliphatic carboxylic acids is 1. The number of carboxylic acid groups (broad SMARTS) is 1. The number of carbonyl (C=O) groups is 2. The molecule has 2 aromatic carbocycles. The number of benzene rings is 2. The zero-order valence-corrected chi connectivity index (χ0v) is 12.1. The van der Waals surface area contributed by atoms with Crippen molar-refractivity contribution in [3.05, 3.63) is 71.3 Å². The summed E-state index contributed by atoms with van der Waals surface area (Å²) in [6, 6.07) is 10.9. The number of hydrogen-bond donors (Lipinski definition) is 2. The summed E-state index contributed by atoms with van der Waals surface area (Å²) < 4.78 is 27.0. The van der Waals surface area contributed by atoms with Crippen LogP contribution in [-0.4, -0.2) is 23.0 Å². The van der Waals surface area contributed by atoms with Crippen molar-refractivity contribution in [1.82, 2.24) is 5.32 Å². The van der Waals surface area contributed by atoms with Gasteiger partial charge in [-0.15, -0.1) is 0 Å². The van der Waals surface area contributed by atoms with Gasteiger partial charge in [0.15, 0.2) is 0 Å². The fourth-order valence-corrected chi connectivity index (χ4v) is 2.16. The van der Waals surface area contributed by atoms with Crippen LogP contribution in [-0.2, 0) is 22.4 Å². The van der Waals surface area contributed by atoms with E-state index >= 15 is 0 Å². The minimum atomic E-state index is -1.21. The molecule has 0 spiro atoms. The predicted molar refractivity (Wildman–Crippen MR) is 79.8 cm³/mol. The fourth-order valence-electron chi connectivity index (χ4n) is 2.16. The summed E-state index contributed by atoms with van der Waals surface area (Å²) in [7, 11) is 0. The number of amides is 1. The van der Waals surface area contributed by atoms with Crippen LogP contribution < -0.4 is 5.32 Å². The Kier molecular flexibility index (Phi) is 5.41. The van der Waals surface area contributed by atoms with E-state index in [4.69, 9.17) is 0 Å². The van der Waals surface area contributed by atoms with Gasteiger partial charge in [0.1, 0.15) is 17.7 Å². The van der Waals surface area contributed by atoms with Crippen molar-refractivity contribution in [2.45, 2.75) is 18.9 Å². The van der Waals surface area contributed by atoms with Crippen molar-refractivity contribution < 1.29 is 23.5 Å². The highest BCUT2D eigenvalue weighted by atomic mass is 19.1. The molecular formula is C17H15F2NO3. The summed E-state index contributed by atoms with van der Waals surface area (Å²) in [4.78, 5) is 23.2. The van der Waals surface area contributed by atoms with Crippen LogP contribution in [0.1, 0.15) is 11.1 Å². The molecule has 0 aliphatic heterocycles. The lowest BCUT2D eigenvalue weighted by Gasteiger charge is -2.15. The summed E-state index contributed by atoms with van der Waals surface area (Å²) in [5.41, 5.74) is 0.353. The van der Waals surface area contributed by atoms with Gasteiger partial charge in [0.2, 0.25) is 5.91 Å². The van der Waals surface area contributed by atoms with E-state index in [0.29, 0.717) is 0 Å². The van der Waals surface area contributed by atoms with Gasteiger partial charge >= 0.3 is 5.97 Å². The molecule has 0 fully saturated rings. The van der Waals surface area contributed by atoms with Crippen LogP contribution in [0, 0.1) is 11.6 Å². The van der Waals surface area contributed by atoms with Crippen LogP contribution in [0.2, 0.25) is 0 Å². The Hall–Kier alpha value is -2.76. The minimum Gasteiger partial charge on any atom is -0.480 e. The van der Waals surface area contributed by atoms with E-state index in [1.807, 2.05) is 0 Å². The van der Waals surface area contributed by atoms with Crippen LogP contribution in [0.15, 0.2) is 48.5 Å². The molecule has 120 valence electrons. The molecule has 0 unspecified atom stereocenters. The summed E-state index contributed by atoms with van der Waals surface area (Å²) in [5, 5.41) is 11.5. The number of hydrogen-bond acceptors (Lipinski definition) is 2. The molecule has 2 rings (SSSR count). The standard InChI is InChI=1S/C17H15F2NO3/c18-13-7-4-8-14(19)12(13)10-16(21)20-15(17(22)23)9-11-5-2-1-3-6-11/h1-8,15H,9-10H2,(H,20,21)(H,22,23)/t15-/m1/s1. The largest absolute Gasteiger partial charge is 0.480 e. The van der Waals surface area contributed by atoms with E-state index in [-0.39, 0.29) is 12.0 Å². The third kappa shape index (κ3) is 4.60. The second-order valence-corrected chi connectivity index (χ2v) is 5.03. The van der Waals surface area contributed by atoms with E-state index in [9.17, 15) is 23.5 Å². The first kappa shape index (κ1) is 16.6. The number of carbonyl (C=O) groups excluding carboxylic acids is 1. The molecule has 1 amide bonds. The quantitative estimate of drug-likeness (QED) is 0.859.